The van der Waals surface area contributed by atoms with Gasteiger partial charge in [-0.25, -0.2) is 4.79 Å². The summed E-state index contributed by atoms with van der Waals surface area (Å²) in [6, 6.07) is 17.6. The van der Waals surface area contributed by atoms with E-state index in [9.17, 15) is 14.4 Å². The van der Waals surface area contributed by atoms with Crippen molar-refractivity contribution in [1.29, 1.82) is 0 Å². The number of ether oxygens (including phenoxy) is 2. The van der Waals surface area contributed by atoms with Crippen LogP contribution in [0.25, 0.3) is 0 Å². The highest BCUT2D eigenvalue weighted by Gasteiger charge is 2.35. The minimum atomic E-state index is -0.803. The predicted molar refractivity (Wildman–Crippen MR) is 159 cm³/mol. The minimum Gasteiger partial charge on any atom is -0.457 e. The topological polar surface area (TPSA) is 108 Å². The molecule has 1 fully saturated rings. The second-order valence-electron chi connectivity index (χ2n) is 10.3. The highest BCUT2D eigenvalue weighted by Crippen LogP contribution is 2.29. The largest absolute Gasteiger partial charge is 0.457 e. The number of Topliss-reactive ketones (excluding diaryl/α,β-unsaturated/α-hetero) is 2. The van der Waals surface area contributed by atoms with Crippen LogP contribution < -0.4 is 0 Å². The van der Waals surface area contributed by atoms with Gasteiger partial charge in [0.2, 0.25) is 11.5 Å². The monoisotopic (exact) mass is 592 g/mol. The number of oxime groups is 1. The molecule has 0 saturated carbocycles. The Morgan fingerprint density at radius 2 is 1.60 bits per heavy atom. The Morgan fingerprint density at radius 1 is 0.952 bits per heavy atom. The molecule has 1 aromatic heterocycles. The summed E-state index contributed by atoms with van der Waals surface area (Å²) in [5, 5.41) is 3.80. The van der Waals surface area contributed by atoms with Crippen molar-refractivity contribution in [1.82, 2.24) is 4.90 Å². The maximum atomic E-state index is 13.3. The van der Waals surface area contributed by atoms with Gasteiger partial charge in [0.15, 0.2) is 11.5 Å². The molecule has 3 aromatic rings. The number of carbonyl (C=O) groups excluding carboxylic acids is 3. The molecular formula is C32H36N2O7S. The Bertz CT molecular complexity index is 1360. The highest BCUT2D eigenvalue weighted by molar-refractivity contribution is 7.99. The Kier molecular flexibility index (Phi) is 11.2. The molecule has 2 aromatic carbocycles. The summed E-state index contributed by atoms with van der Waals surface area (Å²) in [5.41, 5.74) is 0.419. The van der Waals surface area contributed by atoms with E-state index in [-0.39, 0.29) is 23.9 Å². The zero-order valence-electron chi connectivity index (χ0n) is 24.2. The molecule has 1 saturated heterocycles. The number of ketones is 2. The molecule has 42 heavy (non-hydrogen) atoms. The lowest BCUT2D eigenvalue weighted by Crippen LogP contribution is -2.54. The van der Waals surface area contributed by atoms with Gasteiger partial charge in [-0.1, -0.05) is 42.4 Å². The molecule has 0 amide bonds. The summed E-state index contributed by atoms with van der Waals surface area (Å²) in [5.74, 6) is -1.14. The number of unbranched alkanes of at least 4 members (excludes halogenated alkanes) is 1. The summed E-state index contributed by atoms with van der Waals surface area (Å²) in [6.45, 7) is 9.07. The summed E-state index contributed by atoms with van der Waals surface area (Å²) >= 11 is 1.52. The van der Waals surface area contributed by atoms with Crippen LogP contribution in [0.4, 0.5) is 0 Å². The van der Waals surface area contributed by atoms with Crippen molar-refractivity contribution in [3.8, 4) is 0 Å². The third-order valence-electron chi connectivity index (χ3n) is 6.93. The number of nitrogens with zero attached hydrogens (tertiary/aromatic N) is 2. The van der Waals surface area contributed by atoms with Crippen molar-refractivity contribution in [2.75, 3.05) is 39.5 Å². The molecule has 1 aliphatic rings. The molecule has 10 heteroatoms. The molecular weight excluding hydrogens is 556 g/mol. The van der Waals surface area contributed by atoms with Crippen molar-refractivity contribution in [2.45, 2.75) is 48.9 Å². The summed E-state index contributed by atoms with van der Waals surface area (Å²) < 4.78 is 16.0. The van der Waals surface area contributed by atoms with Gasteiger partial charge in [-0.15, -0.1) is 0 Å². The lowest BCUT2D eigenvalue weighted by molar-refractivity contribution is -0.00430. The van der Waals surface area contributed by atoms with Crippen LogP contribution >= 0.6 is 11.8 Å². The quantitative estimate of drug-likeness (QED) is 0.0739. The van der Waals surface area contributed by atoms with Gasteiger partial charge in [-0.05, 0) is 68.8 Å². The van der Waals surface area contributed by atoms with Crippen LogP contribution in [0, 0.1) is 0 Å². The first kappa shape index (κ1) is 31.4. The van der Waals surface area contributed by atoms with Gasteiger partial charge in [-0.3, -0.25) is 14.5 Å². The molecule has 0 spiro atoms. The van der Waals surface area contributed by atoms with Crippen LogP contribution in [-0.4, -0.2) is 73.2 Å². The average molecular weight is 593 g/mol. The van der Waals surface area contributed by atoms with Crippen LogP contribution in [0.5, 0.6) is 0 Å². The fraction of sp³-hybridized carbons (Fsp3) is 0.375. The number of carbonyl (C=O) groups is 3. The van der Waals surface area contributed by atoms with Crippen molar-refractivity contribution >= 4 is 35.0 Å². The zero-order chi connectivity index (χ0) is 30.0. The van der Waals surface area contributed by atoms with E-state index in [0.717, 1.165) is 35.7 Å². The first-order chi connectivity index (χ1) is 20.3. The summed E-state index contributed by atoms with van der Waals surface area (Å²) in [6.07, 6.45) is 3.12. The highest BCUT2D eigenvalue weighted by atomic mass is 32.2. The van der Waals surface area contributed by atoms with Crippen LogP contribution in [0.2, 0.25) is 0 Å². The standard InChI is InChI=1S/C32H36N2O7S/c1-4-5-18-39-22-27(33-41-31(37)28-7-6-19-40-28)29(35)23-8-12-25(13-9-23)42-26-14-10-24(11-15-26)30(36)32(2,3)34-16-20-38-21-17-34/h6-15,19H,4-5,16-18,20-22H2,1-3H3/b33-27+. The zero-order valence-corrected chi connectivity index (χ0v) is 25.0. The molecule has 0 radical (unpaired) electrons. The van der Waals surface area contributed by atoms with E-state index >= 15 is 0 Å². The molecule has 1 aliphatic heterocycles. The smallest absolute Gasteiger partial charge is 0.400 e. The van der Waals surface area contributed by atoms with Crippen LogP contribution in [-0.2, 0) is 14.3 Å². The van der Waals surface area contributed by atoms with E-state index < -0.39 is 17.3 Å². The van der Waals surface area contributed by atoms with E-state index in [0.29, 0.717) is 30.9 Å². The first-order valence-electron chi connectivity index (χ1n) is 14.0. The van der Waals surface area contributed by atoms with Crippen LogP contribution in [0.15, 0.2) is 86.3 Å². The van der Waals surface area contributed by atoms with Crippen molar-refractivity contribution in [3.63, 3.8) is 0 Å². The summed E-state index contributed by atoms with van der Waals surface area (Å²) in [4.78, 5) is 47.6. The molecule has 2 heterocycles. The van der Waals surface area contributed by atoms with E-state index in [1.165, 1.54) is 24.1 Å². The van der Waals surface area contributed by atoms with Gasteiger partial charge >= 0.3 is 5.97 Å². The number of benzene rings is 2. The molecule has 0 N–H and O–H groups in total. The Labute approximate surface area is 250 Å². The average Bonchev–Trinajstić information content (AvgIpc) is 3.57. The van der Waals surface area contributed by atoms with Crippen molar-refractivity contribution in [3.05, 3.63) is 83.8 Å². The molecule has 0 atom stereocenters. The number of hydrogen-bond donors (Lipinski definition) is 0. The van der Waals surface area contributed by atoms with Gasteiger partial charge in [0.05, 0.1) is 31.6 Å². The SMILES string of the molecule is CCCCOC/C(=N\OC(=O)c1ccco1)C(=O)c1ccc(Sc2ccc(C(=O)C(C)(C)N3CCOCC3)cc2)cc1. The van der Waals surface area contributed by atoms with E-state index in [4.69, 9.17) is 18.7 Å². The second kappa shape index (κ2) is 15.1. The fourth-order valence-corrected chi connectivity index (χ4v) is 5.17. The maximum Gasteiger partial charge on any atom is 0.400 e. The number of rotatable bonds is 14. The molecule has 0 unspecified atom stereocenters. The van der Waals surface area contributed by atoms with Gasteiger partial charge < -0.3 is 18.7 Å². The normalized spacial score (nSPS) is 14.5. The lowest BCUT2D eigenvalue weighted by Gasteiger charge is -2.39. The van der Waals surface area contributed by atoms with Crippen molar-refractivity contribution in [2.24, 2.45) is 5.16 Å². The van der Waals surface area contributed by atoms with Gasteiger partial charge in [-0.2, -0.15) is 0 Å². The van der Waals surface area contributed by atoms with E-state index in [1.54, 1.807) is 18.2 Å². The first-order valence-corrected chi connectivity index (χ1v) is 14.8. The van der Waals surface area contributed by atoms with Gasteiger partial charge in [0.1, 0.15) is 0 Å². The molecule has 9 nitrogen and oxygen atoms in total. The Hall–Kier alpha value is -3.57. The molecule has 0 aliphatic carbocycles. The summed E-state index contributed by atoms with van der Waals surface area (Å²) in [7, 11) is 0. The maximum absolute atomic E-state index is 13.3. The predicted octanol–water partition coefficient (Wildman–Crippen LogP) is 5.94. The van der Waals surface area contributed by atoms with Gasteiger partial charge in [0.25, 0.3) is 0 Å². The lowest BCUT2D eigenvalue weighted by atomic mass is 9.91. The van der Waals surface area contributed by atoms with Crippen LogP contribution in [0.3, 0.4) is 0 Å². The van der Waals surface area contributed by atoms with Crippen molar-refractivity contribution < 1.29 is 33.1 Å². The molecule has 222 valence electrons. The third kappa shape index (κ3) is 8.25. The van der Waals surface area contributed by atoms with E-state index in [1.807, 2.05) is 57.2 Å². The number of hydrogen-bond acceptors (Lipinski definition) is 10. The molecule has 0 bridgehead atoms. The molecule has 4 rings (SSSR count). The van der Waals surface area contributed by atoms with Crippen LogP contribution in [0.1, 0.15) is 64.9 Å². The van der Waals surface area contributed by atoms with E-state index in [2.05, 4.69) is 10.1 Å². The Balaban J connectivity index is 1.39. The Morgan fingerprint density at radius 3 is 2.19 bits per heavy atom. The third-order valence-corrected chi connectivity index (χ3v) is 7.95. The number of furan rings is 1. The minimum absolute atomic E-state index is 0.0166. The van der Waals surface area contributed by atoms with Gasteiger partial charge in [0, 0.05) is 40.6 Å². The second-order valence-corrected chi connectivity index (χ2v) is 11.4. The number of morpholine rings is 1. The fourth-order valence-electron chi connectivity index (χ4n) is 4.36.